The van der Waals surface area contributed by atoms with Crippen LogP contribution >= 0.6 is 0 Å². The largest absolute Gasteiger partial charge is 0.444 e. The maximum Gasteiger partial charge on any atom is 0.410 e. The van der Waals surface area contributed by atoms with Crippen molar-refractivity contribution in [2.75, 3.05) is 18.0 Å². The van der Waals surface area contributed by atoms with Gasteiger partial charge in [-0.05, 0) is 46.5 Å². The third-order valence-corrected chi connectivity index (χ3v) is 5.68. The summed E-state index contributed by atoms with van der Waals surface area (Å²) in [4.78, 5) is 28.5. The van der Waals surface area contributed by atoms with E-state index in [1.165, 1.54) is 29.8 Å². The van der Waals surface area contributed by atoms with Crippen LogP contribution in [0.5, 0.6) is 0 Å². The molecule has 1 amide bonds. The second-order valence-electron chi connectivity index (χ2n) is 8.22. The van der Waals surface area contributed by atoms with Crippen LogP contribution in [0, 0.1) is 11.3 Å². The lowest BCUT2D eigenvalue weighted by atomic mass is 10.1. The Morgan fingerprint density at radius 2 is 2.03 bits per heavy atom. The van der Waals surface area contributed by atoms with Crippen LogP contribution < -0.4 is 4.90 Å². The number of carbonyl (C=O) groups is 1. The van der Waals surface area contributed by atoms with Gasteiger partial charge in [-0.15, -0.1) is 0 Å². The maximum absolute atomic E-state index is 14.3. The lowest BCUT2D eigenvalue weighted by molar-refractivity contribution is 0.0130. The number of halogens is 2. The van der Waals surface area contributed by atoms with Crippen molar-refractivity contribution in [2.24, 2.45) is 0 Å². The molecule has 0 unspecified atom stereocenters. The summed E-state index contributed by atoms with van der Waals surface area (Å²) in [6.07, 6.45) is -0.767. The second kappa shape index (κ2) is 9.09. The molecule has 4 rings (SSSR count). The van der Waals surface area contributed by atoms with Gasteiger partial charge in [0.05, 0.1) is 17.0 Å². The molecule has 4 heterocycles. The number of pyridine rings is 1. The maximum atomic E-state index is 14.3. The smallest absolute Gasteiger partial charge is 0.410 e. The van der Waals surface area contributed by atoms with Gasteiger partial charge in [-0.25, -0.2) is 28.5 Å². The minimum atomic E-state index is -3.81. The number of rotatable bonds is 3. The molecule has 35 heavy (non-hydrogen) atoms. The molecular formula is C24H27F2N7O2. The number of nitrogens with zero attached hydrogens (tertiary/aromatic N) is 7. The molecule has 11 heteroatoms. The molecule has 0 aromatic carbocycles. The number of fused-ring (bicyclic) bond motifs is 1. The van der Waals surface area contributed by atoms with Crippen molar-refractivity contribution >= 4 is 22.9 Å². The summed E-state index contributed by atoms with van der Waals surface area (Å²) in [5.41, 5.74) is -3.91. The van der Waals surface area contributed by atoms with Crippen LogP contribution in [0.1, 0.15) is 64.3 Å². The van der Waals surface area contributed by atoms with Gasteiger partial charge >= 0.3 is 6.09 Å². The Morgan fingerprint density at radius 3 is 2.71 bits per heavy atom. The van der Waals surface area contributed by atoms with Crippen LogP contribution in [0.15, 0.2) is 30.9 Å². The minimum absolute atomic E-state index is 0.00652. The molecule has 2 atom stereocenters. The molecule has 0 spiro atoms. The van der Waals surface area contributed by atoms with Crippen LogP contribution in [0.25, 0.3) is 16.9 Å². The molecule has 1 saturated heterocycles. The first-order valence-electron chi connectivity index (χ1n) is 15.0. The molecule has 0 bridgehead atoms. The van der Waals surface area contributed by atoms with E-state index in [-0.39, 0.29) is 41.3 Å². The third-order valence-electron chi connectivity index (χ3n) is 5.68. The Labute approximate surface area is 214 Å². The van der Waals surface area contributed by atoms with E-state index in [0.717, 1.165) is 17.4 Å². The van der Waals surface area contributed by atoms with Crippen molar-refractivity contribution in [3.05, 3.63) is 42.0 Å². The Morgan fingerprint density at radius 1 is 1.26 bits per heavy atom. The van der Waals surface area contributed by atoms with Gasteiger partial charge in [0.1, 0.15) is 23.6 Å². The van der Waals surface area contributed by atoms with Crippen molar-refractivity contribution in [3.63, 3.8) is 0 Å². The summed E-state index contributed by atoms with van der Waals surface area (Å²) >= 11 is 0. The number of nitriles is 1. The SMILES string of the molecule is [2H]C([2H])([2H])C(OC(=O)N1C[C@H](C)N(c2ncnc3c2c(C(F)F)cn3-c2cc(C#N)ccn2)C[C@H]1C)(C([2H])([2H])[2H])C([2H])([2H])[2H]. The number of hydrogen-bond donors (Lipinski definition) is 0. The number of amides is 1. The monoisotopic (exact) mass is 492 g/mol. The first-order valence-corrected chi connectivity index (χ1v) is 10.5. The van der Waals surface area contributed by atoms with E-state index in [0.29, 0.717) is 0 Å². The van der Waals surface area contributed by atoms with Crippen molar-refractivity contribution in [1.82, 2.24) is 24.4 Å². The molecule has 1 fully saturated rings. The topological polar surface area (TPSA) is 100 Å². The van der Waals surface area contributed by atoms with Crippen LogP contribution in [-0.2, 0) is 4.74 Å². The number of piperazine rings is 1. The number of hydrogen-bond acceptors (Lipinski definition) is 7. The number of aromatic nitrogens is 4. The average Bonchev–Trinajstić information content (AvgIpc) is 3.31. The molecular weight excluding hydrogens is 456 g/mol. The quantitative estimate of drug-likeness (QED) is 0.532. The van der Waals surface area contributed by atoms with E-state index in [2.05, 4.69) is 15.0 Å². The van der Waals surface area contributed by atoms with Gasteiger partial charge in [0, 0.05) is 55.5 Å². The van der Waals surface area contributed by atoms with Gasteiger partial charge in [-0.3, -0.25) is 4.57 Å². The summed E-state index contributed by atoms with van der Waals surface area (Å²) in [6, 6.07) is 3.29. The summed E-state index contributed by atoms with van der Waals surface area (Å²) in [5, 5.41) is 9.26. The molecule has 0 N–H and O–H groups in total. The first-order chi connectivity index (χ1) is 20.2. The zero-order valence-corrected chi connectivity index (χ0v) is 18.7. The Kier molecular flexibility index (Phi) is 3.96. The molecule has 0 radical (unpaired) electrons. The van der Waals surface area contributed by atoms with E-state index < -0.39 is 56.3 Å². The number of alkyl halides is 2. The molecule has 3 aromatic rings. The lowest BCUT2D eigenvalue weighted by Gasteiger charge is -2.44. The van der Waals surface area contributed by atoms with Crippen LogP contribution in [0.2, 0.25) is 0 Å². The van der Waals surface area contributed by atoms with Crippen LogP contribution in [-0.4, -0.2) is 61.3 Å². The summed E-state index contributed by atoms with van der Waals surface area (Å²) < 4.78 is 104. The fraction of sp³-hybridized carbons (Fsp3) is 0.458. The van der Waals surface area contributed by atoms with Crippen molar-refractivity contribution in [1.29, 1.82) is 5.26 Å². The van der Waals surface area contributed by atoms with E-state index in [1.807, 2.05) is 6.07 Å². The summed E-state index contributed by atoms with van der Waals surface area (Å²) in [5.74, 6) is 0.260. The minimum Gasteiger partial charge on any atom is -0.444 e. The van der Waals surface area contributed by atoms with Gasteiger partial charge in [0.15, 0.2) is 5.65 Å². The molecule has 1 aliphatic rings. The molecule has 0 aliphatic carbocycles. The van der Waals surface area contributed by atoms with E-state index >= 15 is 0 Å². The molecule has 184 valence electrons. The molecule has 3 aromatic heterocycles. The predicted molar refractivity (Wildman–Crippen MR) is 126 cm³/mol. The zero-order chi connectivity index (χ0) is 33.0. The van der Waals surface area contributed by atoms with Crippen molar-refractivity contribution in [2.45, 2.75) is 58.5 Å². The highest BCUT2D eigenvalue weighted by molar-refractivity contribution is 5.93. The van der Waals surface area contributed by atoms with Gasteiger partial charge in [-0.1, -0.05) is 0 Å². The van der Waals surface area contributed by atoms with Crippen molar-refractivity contribution in [3.8, 4) is 11.9 Å². The second-order valence-corrected chi connectivity index (χ2v) is 8.22. The van der Waals surface area contributed by atoms with Crippen LogP contribution in [0.3, 0.4) is 0 Å². The fourth-order valence-corrected chi connectivity index (χ4v) is 4.12. The van der Waals surface area contributed by atoms with Gasteiger partial charge in [-0.2, -0.15) is 5.26 Å². The standard InChI is InChI=1S/C24H27F2N7O2/c1-14-11-32(23(34)35-24(3,4)5)15(2)10-31(14)21-19-17(20(25)26)12-33(22(19)30-13-29-21)18-8-16(9-27)6-7-28-18/h6-8,12-15,20H,10-11H2,1-5H3/t14-,15+/m0/s1/i3D3,4D3,5D3. The average molecular weight is 493 g/mol. The Balaban J connectivity index is 1.72. The highest BCUT2D eigenvalue weighted by Gasteiger charge is 2.36. The lowest BCUT2D eigenvalue weighted by Crippen LogP contribution is -2.59. The third kappa shape index (κ3) is 4.73. The Bertz CT molecular complexity index is 1570. The zero-order valence-electron chi connectivity index (χ0n) is 27.7. The molecule has 9 nitrogen and oxygen atoms in total. The van der Waals surface area contributed by atoms with Gasteiger partial charge in [0.2, 0.25) is 0 Å². The van der Waals surface area contributed by atoms with Gasteiger partial charge < -0.3 is 14.5 Å². The van der Waals surface area contributed by atoms with Crippen molar-refractivity contribution < 1.29 is 30.6 Å². The van der Waals surface area contributed by atoms with Crippen LogP contribution in [0.4, 0.5) is 19.4 Å². The summed E-state index contributed by atoms with van der Waals surface area (Å²) in [6.45, 7) is -8.42. The molecule has 1 aliphatic heterocycles. The number of ether oxygens (including phenoxy) is 1. The van der Waals surface area contributed by atoms with E-state index in [9.17, 15) is 18.8 Å². The predicted octanol–water partition coefficient (Wildman–Crippen LogP) is 4.46. The van der Waals surface area contributed by atoms with Gasteiger partial charge in [0.25, 0.3) is 6.43 Å². The van der Waals surface area contributed by atoms with E-state index in [4.69, 9.17) is 17.1 Å². The first kappa shape index (κ1) is 15.2. The highest BCUT2D eigenvalue weighted by atomic mass is 19.3. The highest BCUT2D eigenvalue weighted by Crippen LogP contribution is 2.37. The normalized spacial score (nSPS) is 23.6. The number of anilines is 1. The Hall–Kier alpha value is -3.81. The fourth-order valence-electron chi connectivity index (χ4n) is 4.12. The summed E-state index contributed by atoms with van der Waals surface area (Å²) in [7, 11) is 0. The molecule has 0 saturated carbocycles. The van der Waals surface area contributed by atoms with E-state index in [1.54, 1.807) is 11.8 Å². The number of carbonyl (C=O) groups excluding carboxylic acids is 1.